The molecular formula is C73H57N3S3. The van der Waals surface area contributed by atoms with Crippen molar-refractivity contribution >= 4 is 156 Å². The first-order valence-electron chi connectivity index (χ1n) is 27.7. The molecule has 0 N–H and O–H groups in total. The van der Waals surface area contributed by atoms with Crippen molar-refractivity contribution in [1.82, 2.24) is 4.40 Å². The van der Waals surface area contributed by atoms with E-state index >= 15 is 0 Å². The van der Waals surface area contributed by atoms with E-state index in [1.807, 2.05) is 34.0 Å². The standard InChI is InChI=1S/C73H57N3S3/c1-71(2,3)44-28-33-46(34-29-44)74(55-21-15-25-60-63(55)50-18-10-13-23-58(50)77-60)48-32-27-42-40-53-62(41-43(42)39-48)79-70-52-37-38-57(65-66-68(76(67(52)65)69(53)70)49-17-9-12-20-54(49)73(66,7)8)75(47-35-30-45(31-36-47)72(4,5)6)56-22-16-26-61-64(56)51-19-11-14-24-59(51)78-61/h9-41H,1-8H3. The Hall–Kier alpha value is -8.00. The monoisotopic (exact) mass is 1070 g/mol. The van der Waals surface area contributed by atoms with Gasteiger partial charge in [0.1, 0.15) is 0 Å². The number of fused-ring (bicyclic) bond motifs is 17. The Labute approximate surface area is 472 Å². The molecule has 1 aliphatic rings. The Morgan fingerprint density at radius 2 is 0.937 bits per heavy atom. The van der Waals surface area contributed by atoms with Crippen LogP contribution in [0.4, 0.5) is 34.1 Å². The highest BCUT2D eigenvalue weighted by Crippen LogP contribution is 2.60. The van der Waals surface area contributed by atoms with Crippen LogP contribution in [0.5, 0.6) is 0 Å². The molecule has 15 aromatic rings. The highest BCUT2D eigenvalue weighted by atomic mass is 32.1. The van der Waals surface area contributed by atoms with Gasteiger partial charge in [-0.1, -0.05) is 159 Å². The minimum atomic E-state index is -0.267. The first-order valence-corrected chi connectivity index (χ1v) is 30.1. The second kappa shape index (κ2) is 16.5. The van der Waals surface area contributed by atoms with Crippen LogP contribution in [-0.4, -0.2) is 4.40 Å². The van der Waals surface area contributed by atoms with Crippen molar-refractivity contribution in [1.29, 1.82) is 0 Å². The van der Waals surface area contributed by atoms with E-state index < -0.39 is 0 Å². The van der Waals surface area contributed by atoms with Crippen LogP contribution < -0.4 is 9.80 Å². The number of hydrogen-bond donors (Lipinski definition) is 0. The minimum absolute atomic E-state index is 0.0243. The normalized spacial score (nSPS) is 13.7. The van der Waals surface area contributed by atoms with Gasteiger partial charge < -0.3 is 14.2 Å². The van der Waals surface area contributed by atoms with Gasteiger partial charge in [0.2, 0.25) is 0 Å². The fraction of sp³-hybridized carbons (Fsp3) is 0.151. The molecule has 0 fully saturated rings. The molecule has 0 amide bonds. The van der Waals surface area contributed by atoms with Crippen molar-refractivity contribution in [3.05, 3.63) is 222 Å². The zero-order chi connectivity index (χ0) is 53.4. The lowest BCUT2D eigenvalue weighted by Crippen LogP contribution is -2.17. The molecule has 1 aliphatic carbocycles. The molecule has 10 aromatic carbocycles. The van der Waals surface area contributed by atoms with Crippen LogP contribution in [0.1, 0.15) is 77.6 Å². The smallest absolute Gasteiger partial charge is 0.0728 e. The van der Waals surface area contributed by atoms with Crippen molar-refractivity contribution in [3.8, 4) is 11.3 Å². The predicted octanol–water partition coefficient (Wildman–Crippen LogP) is 22.6. The lowest BCUT2D eigenvalue weighted by atomic mass is 9.81. The number of nitrogens with zero attached hydrogens (tertiary/aromatic N) is 3. The molecule has 0 saturated carbocycles. The quantitative estimate of drug-likeness (QED) is 0.164. The lowest BCUT2D eigenvalue weighted by molar-refractivity contribution is 0.590. The maximum atomic E-state index is 2.70. The van der Waals surface area contributed by atoms with Gasteiger partial charge in [0.05, 0.1) is 38.5 Å². The first kappa shape index (κ1) is 47.0. The molecule has 0 aliphatic heterocycles. The van der Waals surface area contributed by atoms with Gasteiger partial charge in [0.15, 0.2) is 0 Å². The van der Waals surface area contributed by atoms with E-state index in [9.17, 15) is 0 Å². The van der Waals surface area contributed by atoms with E-state index in [1.54, 1.807) is 0 Å². The number of hydrogen-bond acceptors (Lipinski definition) is 5. The molecule has 5 heterocycles. The van der Waals surface area contributed by atoms with Gasteiger partial charge in [-0.05, 0) is 141 Å². The Morgan fingerprint density at radius 3 is 1.57 bits per heavy atom. The third-order valence-electron chi connectivity index (χ3n) is 17.4. The molecule has 0 saturated heterocycles. The molecule has 6 heteroatoms. The highest BCUT2D eigenvalue weighted by Gasteiger charge is 2.43. The van der Waals surface area contributed by atoms with Crippen LogP contribution in [0.3, 0.4) is 0 Å². The third-order valence-corrected chi connectivity index (χ3v) is 20.8. The van der Waals surface area contributed by atoms with Gasteiger partial charge in [-0.2, -0.15) is 0 Å². The molecule has 79 heavy (non-hydrogen) atoms. The molecule has 5 aromatic heterocycles. The number of aromatic nitrogens is 1. The lowest BCUT2D eigenvalue weighted by Gasteiger charge is -2.30. The maximum absolute atomic E-state index is 2.70. The number of rotatable bonds is 6. The fourth-order valence-electron chi connectivity index (χ4n) is 13.5. The highest BCUT2D eigenvalue weighted by molar-refractivity contribution is 7.27. The van der Waals surface area contributed by atoms with Crippen molar-refractivity contribution in [2.24, 2.45) is 0 Å². The van der Waals surface area contributed by atoms with E-state index in [0.29, 0.717) is 0 Å². The fourth-order valence-corrected chi connectivity index (χ4v) is 17.0. The summed E-state index contributed by atoms with van der Waals surface area (Å²) in [7, 11) is 0. The van der Waals surface area contributed by atoms with E-state index in [1.165, 1.54) is 138 Å². The zero-order valence-corrected chi connectivity index (χ0v) is 48.1. The van der Waals surface area contributed by atoms with Gasteiger partial charge in [0.25, 0.3) is 0 Å². The summed E-state index contributed by atoms with van der Waals surface area (Å²) >= 11 is 5.71. The van der Waals surface area contributed by atoms with Crippen molar-refractivity contribution in [2.75, 3.05) is 9.80 Å². The molecule has 0 spiro atoms. The summed E-state index contributed by atoms with van der Waals surface area (Å²) < 4.78 is 10.5. The van der Waals surface area contributed by atoms with Crippen LogP contribution in [-0.2, 0) is 16.2 Å². The summed E-state index contributed by atoms with van der Waals surface area (Å²) in [5.41, 5.74) is 17.6. The zero-order valence-electron chi connectivity index (χ0n) is 45.6. The topological polar surface area (TPSA) is 10.9 Å². The van der Waals surface area contributed by atoms with Gasteiger partial charge in [-0.3, -0.25) is 0 Å². The van der Waals surface area contributed by atoms with Crippen molar-refractivity contribution in [2.45, 2.75) is 71.6 Å². The number of thiophene rings is 3. The molecule has 0 atom stereocenters. The van der Waals surface area contributed by atoms with E-state index in [0.717, 1.165) is 17.1 Å². The Morgan fingerprint density at radius 1 is 0.392 bits per heavy atom. The van der Waals surface area contributed by atoms with Crippen molar-refractivity contribution < 1.29 is 0 Å². The summed E-state index contributed by atoms with van der Waals surface area (Å²) in [6.07, 6.45) is 0. The van der Waals surface area contributed by atoms with Crippen LogP contribution >= 0.6 is 34.0 Å². The summed E-state index contributed by atoms with van der Waals surface area (Å²) in [5.74, 6) is 0. The molecule has 0 unspecified atom stereocenters. The minimum Gasteiger partial charge on any atom is -0.310 e. The molecule has 3 nitrogen and oxygen atoms in total. The average molecular weight is 1070 g/mol. The van der Waals surface area contributed by atoms with Crippen molar-refractivity contribution in [3.63, 3.8) is 0 Å². The number of benzene rings is 10. The SMILES string of the molecule is CC(C)(C)c1ccc(N(c2ccc3cc4c(cc3c2)sc2c3ccc(N(c5ccc(C(C)(C)C)cc5)c5cccc6sc7ccccc7c56)c5c6c(n(c53)c42)-c2ccccc2C6(C)C)c2cccc3sc4ccccc4c23)cc1. The molecule has 0 radical (unpaired) electrons. The van der Waals surface area contributed by atoms with Gasteiger partial charge in [-0.25, -0.2) is 0 Å². The summed E-state index contributed by atoms with van der Waals surface area (Å²) in [6.45, 7) is 18.7. The Bertz CT molecular complexity index is 5010. The van der Waals surface area contributed by atoms with E-state index in [-0.39, 0.29) is 16.2 Å². The van der Waals surface area contributed by atoms with Crippen LogP contribution in [0.25, 0.3) is 99.0 Å². The summed E-state index contributed by atoms with van der Waals surface area (Å²) in [5, 5.41) is 11.6. The third kappa shape index (κ3) is 6.75. The second-order valence-corrected chi connectivity index (χ2v) is 27.7. The molecular weight excluding hydrogens is 1020 g/mol. The molecule has 0 bridgehead atoms. The Balaban J connectivity index is 0.943. The van der Waals surface area contributed by atoms with Gasteiger partial charge in [-0.15, -0.1) is 34.0 Å². The molecule has 382 valence electrons. The molecule has 16 rings (SSSR count). The van der Waals surface area contributed by atoms with Crippen LogP contribution in [0.2, 0.25) is 0 Å². The maximum Gasteiger partial charge on any atom is 0.0728 e. The van der Waals surface area contributed by atoms with E-state index in [4.69, 9.17) is 0 Å². The van der Waals surface area contributed by atoms with Crippen LogP contribution in [0.15, 0.2) is 200 Å². The largest absolute Gasteiger partial charge is 0.310 e. The number of anilines is 6. The van der Waals surface area contributed by atoms with Gasteiger partial charge >= 0.3 is 0 Å². The van der Waals surface area contributed by atoms with Gasteiger partial charge in [0, 0.05) is 89.2 Å². The average Bonchev–Trinajstić information content (AvgIpc) is 2.07. The predicted molar refractivity (Wildman–Crippen MR) is 347 cm³/mol. The Kier molecular flexibility index (Phi) is 9.84. The first-order chi connectivity index (χ1) is 38.2. The van der Waals surface area contributed by atoms with E-state index in [2.05, 4.69) is 270 Å². The summed E-state index contributed by atoms with van der Waals surface area (Å²) in [4.78, 5) is 5.08. The second-order valence-electron chi connectivity index (χ2n) is 24.5. The van der Waals surface area contributed by atoms with Crippen LogP contribution in [0, 0.1) is 0 Å². The summed E-state index contributed by atoms with van der Waals surface area (Å²) in [6, 6.07) is 76.4.